The number of anilines is 1. The van der Waals surface area contributed by atoms with E-state index in [1.165, 1.54) is 0 Å². The zero-order valence-electron chi connectivity index (χ0n) is 14.5. The summed E-state index contributed by atoms with van der Waals surface area (Å²) in [5.74, 6) is 0.670. The number of fused-ring (bicyclic) bond motifs is 1. The molecule has 0 aliphatic heterocycles. The first kappa shape index (κ1) is 17.2. The Morgan fingerprint density at radius 2 is 1.59 bits per heavy atom. The summed E-state index contributed by atoms with van der Waals surface area (Å²) in [6.45, 7) is 0. The molecular formula is C22H17N3OS. The minimum absolute atomic E-state index is 0.109. The van der Waals surface area contributed by atoms with Crippen LogP contribution >= 0.6 is 11.8 Å². The van der Waals surface area contributed by atoms with Crippen LogP contribution in [0, 0.1) is 0 Å². The summed E-state index contributed by atoms with van der Waals surface area (Å²) in [6.07, 6.45) is 1.60. The highest BCUT2D eigenvalue weighted by Gasteiger charge is 2.07. The van der Waals surface area contributed by atoms with Gasteiger partial charge < -0.3 is 5.32 Å². The van der Waals surface area contributed by atoms with Crippen molar-refractivity contribution in [2.75, 3.05) is 5.32 Å². The van der Waals surface area contributed by atoms with Crippen molar-refractivity contribution in [2.24, 2.45) is 0 Å². The Morgan fingerprint density at radius 1 is 0.852 bits per heavy atom. The van der Waals surface area contributed by atoms with Gasteiger partial charge in [0.15, 0.2) is 0 Å². The molecular weight excluding hydrogens is 354 g/mol. The number of benzene rings is 3. The van der Waals surface area contributed by atoms with Crippen LogP contribution in [0.3, 0.4) is 0 Å². The number of thioether (sulfide) groups is 1. The van der Waals surface area contributed by atoms with E-state index in [0.717, 1.165) is 32.9 Å². The van der Waals surface area contributed by atoms with Crippen molar-refractivity contribution in [1.82, 2.24) is 9.97 Å². The number of aromatic nitrogens is 2. The number of carbonyl (C=O) groups is 1. The van der Waals surface area contributed by atoms with Crippen molar-refractivity contribution in [2.45, 2.75) is 10.8 Å². The van der Waals surface area contributed by atoms with Crippen LogP contribution in [0.1, 0.15) is 15.9 Å². The lowest BCUT2D eigenvalue weighted by Gasteiger charge is -2.07. The largest absolute Gasteiger partial charge is 0.322 e. The van der Waals surface area contributed by atoms with Gasteiger partial charge >= 0.3 is 0 Å². The van der Waals surface area contributed by atoms with Crippen LogP contribution < -0.4 is 5.32 Å². The molecule has 27 heavy (non-hydrogen) atoms. The maximum Gasteiger partial charge on any atom is 0.255 e. The number of nitrogens with zero attached hydrogens (tertiary/aromatic N) is 2. The van der Waals surface area contributed by atoms with Gasteiger partial charge in [0.05, 0.1) is 5.52 Å². The van der Waals surface area contributed by atoms with Crippen molar-refractivity contribution >= 4 is 34.3 Å². The Hall–Kier alpha value is -3.18. The van der Waals surface area contributed by atoms with E-state index in [1.54, 1.807) is 18.1 Å². The van der Waals surface area contributed by atoms with Gasteiger partial charge in [-0.1, -0.05) is 48.5 Å². The van der Waals surface area contributed by atoms with Gasteiger partial charge in [0.1, 0.15) is 11.4 Å². The van der Waals surface area contributed by atoms with E-state index in [2.05, 4.69) is 15.3 Å². The highest BCUT2D eigenvalue weighted by Crippen LogP contribution is 2.27. The highest BCUT2D eigenvalue weighted by molar-refractivity contribution is 7.98. The van der Waals surface area contributed by atoms with Gasteiger partial charge in [-0.2, -0.15) is 0 Å². The molecule has 0 saturated heterocycles. The van der Waals surface area contributed by atoms with E-state index in [4.69, 9.17) is 0 Å². The second kappa shape index (κ2) is 8.01. The van der Waals surface area contributed by atoms with Gasteiger partial charge in [0, 0.05) is 22.4 Å². The van der Waals surface area contributed by atoms with E-state index < -0.39 is 0 Å². The Morgan fingerprint density at radius 3 is 2.41 bits per heavy atom. The Labute approximate surface area is 161 Å². The number of para-hydroxylation sites is 2. The van der Waals surface area contributed by atoms with Crippen LogP contribution in [0.5, 0.6) is 0 Å². The fourth-order valence-electron chi connectivity index (χ4n) is 2.72. The lowest BCUT2D eigenvalue weighted by molar-refractivity contribution is 0.102. The number of rotatable bonds is 5. The normalized spacial score (nSPS) is 10.7. The first-order valence-corrected chi connectivity index (χ1v) is 9.56. The molecule has 0 unspecified atom stereocenters. The van der Waals surface area contributed by atoms with Gasteiger partial charge in [-0.15, -0.1) is 11.8 Å². The summed E-state index contributed by atoms with van der Waals surface area (Å²) >= 11 is 1.67. The van der Waals surface area contributed by atoms with Crippen molar-refractivity contribution in [3.63, 3.8) is 0 Å². The molecule has 0 fully saturated rings. The molecule has 5 heteroatoms. The minimum Gasteiger partial charge on any atom is -0.322 e. The molecule has 1 amide bonds. The molecule has 4 aromatic rings. The number of hydrogen-bond acceptors (Lipinski definition) is 4. The quantitative estimate of drug-likeness (QED) is 0.388. The summed E-state index contributed by atoms with van der Waals surface area (Å²) < 4.78 is 0. The monoisotopic (exact) mass is 371 g/mol. The predicted octanol–water partition coefficient (Wildman–Crippen LogP) is 5.17. The zero-order chi connectivity index (χ0) is 18.5. The predicted molar refractivity (Wildman–Crippen MR) is 110 cm³/mol. The van der Waals surface area contributed by atoms with Crippen LogP contribution in [0.15, 0.2) is 90.2 Å². The van der Waals surface area contributed by atoms with Crippen molar-refractivity contribution < 1.29 is 4.79 Å². The number of carbonyl (C=O) groups excluding carboxylic acids is 1. The van der Waals surface area contributed by atoms with E-state index >= 15 is 0 Å². The molecule has 0 radical (unpaired) electrons. The Balaban J connectivity index is 1.42. The van der Waals surface area contributed by atoms with Crippen LogP contribution in [-0.4, -0.2) is 15.9 Å². The average Bonchev–Trinajstić information content (AvgIpc) is 2.73. The van der Waals surface area contributed by atoms with Crippen molar-refractivity contribution in [1.29, 1.82) is 0 Å². The summed E-state index contributed by atoms with van der Waals surface area (Å²) in [6, 6.07) is 25.1. The van der Waals surface area contributed by atoms with Gasteiger partial charge in [-0.05, 0) is 35.9 Å². The third kappa shape index (κ3) is 4.15. The molecule has 1 N–H and O–H groups in total. The molecule has 132 valence electrons. The maximum absolute atomic E-state index is 12.3. The van der Waals surface area contributed by atoms with Crippen LogP contribution in [0.25, 0.3) is 10.9 Å². The van der Waals surface area contributed by atoms with Crippen molar-refractivity contribution in [3.8, 4) is 0 Å². The molecule has 0 atom stereocenters. The molecule has 0 spiro atoms. The standard InChI is InChI=1S/C22H17N3OS/c26-21(25-18-6-2-1-3-7-18)17-12-10-16(11-13-17)14-27-22-19-8-4-5-9-20(19)23-15-24-22/h1-13,15H,14H2,(H,25,26). The third-order valence-corrected chi connectivity index (χ3v) is 5.21. The fourth-order valence-corrected chi connectivity index (χ4v) is 3.67. The molecule has 1 heterocycles. The van der Waals surface area contributed by atoms with Gasteiger partial charge in [0.25, 0.3) is 5.91 Å². The average molecular weight is 371 g/mol. The van der Waals surface area contributed by atoms with Crippen LogP contribution in [0.4, 0.5) is 5.69 Å². The van der Waals surface area contributed by atoms with E-state index in [-0.39, 0.29) is 5.91 Å². The lowest BCUT2D eigenvalue weighted by Crippen LogP contribution is -2.11. The fraction of sp³-hybridized carbons (Fsp3) is 0.0455. The van der Waals surface area contributed by atoms with E-state index in [0.29, 0.717) is 5.56 Å². The summed E-state index contributed by atoms with van der Waals surface area (Å²) in [4.78, 5) is 21.0. The van der Waals surface area contributed by atoms with Gasteiger partial charge in [-0.25, -0.2) is 9.97 Å². The van der Waals surface area contributed by atoms with E-state index in [9.17, 15) is 4.79 Å². The Bertz CT molecular complexity index is 1060. The molecule has 0 bridgehead atoms. The SMILES string of the molecule is O=C(Nc1ccccc1)c1ccc(CSc2ncnc3ccccc23)cc1. The van der Waals surface area contributed by atoms with Crippen LogP contribution in [0.2, 0.25) is 0 Å². The highest BCUT2D eigenvalue weighted by atomic mass is 32.2. The number of nitrogens with one attached hydrogen (secondary N) is 1. The summed E-state index contributed by atoms with van der Waals surface area (Å²) in [5.41, 5.74) is 3.51. The second-order valence-corrected chi connectivity index (χ2v) is 6.97. The number of hydrogen-bond donors (Lipinski definition) is 1. The Kier molecular flexibility index (Phi) is 5.12. The maximum atomic E-state index is 12.3. The summed E-state index contributed by atoms with van der Waals surface area (Å²) in [5, 5.41) is 4.92. The molecule has 3 aromatic carbocycles. The molecule has 0 saturated carbocycles. The molecule has 4 nitrogen and oxygen atoms in total. The zero-order valence-corrected chi connectivity index (χ0v) is 15.3. The summed E-state index contributed by atoms with van der Waals surface area (Å²) in [7, 11) is 0. The topological polar surface area (TPSA) is 54.9 Å². The molecule has 0 aliphatic carbocycles. The lowest BCUT2D eigenvalue weighted by atomic mass is 10.1. The smallest absolute Gasteiger partial charge is 0.255 e. The minimum atomic E-state index is -0.109. The second-order valence-electron chi connectivity index (χ2n) is 6.00. The molecule has 1 aromatic heterocycles. The third-order valence-electron chi connectivity index (χ3n) is 4.13. The molecule has 0 aliphatic rings. The number of amides is 1. The molecule has 4 rings (SSSR count). The first-order chi connectivity index (χ1) is 13.3. The van der Waals surface area contributed by atoms with E-state index in [1.807, 2.05) is 78.9 Å². The van der Waals surface area contributed by atoms with Crippen LogP contribution in [-0.2, 0) is 5.75 Å². The van der Waals surface area contributed by atoms with Gasteiger partial charge in [0.2, 0.25) is 0 Å². The van der Waals surface area contributed by atoms with Gasteiger partial charge in [-0.3, -0.25) is 4.79 Å². The van der Waals surface area contributed by atoms with Crippen molar-refractivity contribution in [3.05, 3.63) is 96.3 Å². The first-order valence-electron chi connectivity index (χ1n) is 8.57.